The Balaban J connectivity index is 1.35. The second-order valence-corrected chi connectivity index (χ2v) is 12.5. The van der Waals surface area contributed by atoms with E-state index < -0.39 is 16.0 Å². The lowest BCUT2D eigenvalue weighted by molar-refractivity contribution is 0.0607. The summed E-state index contributed by atoms with van der Waals surface area (Å²) in [4.78, 5) is 34.4. The topological polar surface area (TPSA) is 128 Å². The van der Waals surface area contributed by atoms with Crippen LogP contribution in [0.15, 0.2) is 59.8 Å². The van der Waals surface area contributed by atoms with Crippen molar-refractivity contribution in [3.8, 4) is 11.4 Å². The molecular formula is C30H37N5O5S. The molecule has 1 saturated carbocycles. The highest BCUT2D eigenvalue weighted by atomic mass is 32.2. The van der Waals surface area contributed by atoms with Gasteiger partial charge < -0.3 is 15.2 Å². The lowest BCUT2D eigenvalue weighted by Gasteiger charge is -2.37. The molecule has 1 saturated heterocycles. The monoisotopic (exact) mass is 579 g/mol. The van der Waals surface area contributed by atoms with Crippen LogP contribution in [0.1, 0.15) is 58.4 Å². The van der Waals surface area contributed by atoms with Crippen molar-refractivity contribution in [3.05, 3.63) is 71.4 Å². The zero-order valence-corrected chi connectivity index (χ0v) is 24.2. The van der Waals surface area contributed by atoms with Crippen LogP contribution in [0.25, 0.3) is 11.4 Å². The minimum absolute atomic E-state index is 0.126. The SMILES string of the molecule is Cn1cc(S(=O)(=O)OCc2ccccc2)nc1-c1ccc(C(N)=O)cc1C(=O)N1CCN(CC2CCCCC2)CC1. The molecule has 2 aliphatic rings. The van der Waals surface area contributed by atoms with Crippen LogP contribution < -0.4 is 5.73 Å². The van der Waals surface area contributed by atoms with E-state index >= 15 is 0 Å². The molecule has 10 nitrogen and oxygen atoms in total. The van der Waals surface area contributed by atoms with E-state index in [0.29, 0.717) is 24.2 Å². The zero-order chi connectivity index (χ0) is 29.0. The summed E-state index contributed by atoms with van der Waals surface area (Å²) in [6.07, 6.45) is 7.85. The normalized spacial score (nSPS) is 17.0. The lowest BCUT2D eigenvalue weighted by Crippen LogP contribution is -2.50. The van der Waals surface area contributed by atoms with E-state index in [9.17, 15) is 18.0 Å². The summed E-state index contributed by atoms with van der Waals surface area (Å²) in [5, 5.41) is -0.264. The van der Waals surface area contributed by atoms with Crippen molar-refractivity contribution in [1.29, 1.82) is 0 Å². The molecule has 0 spiro atoms. The van der Waals surface area contributed by atoms with Gasteiger partial charge in [-0.1, -0.05) is 49.6 Å². The third-order valence-corrected chi connectivity index (χ3v) is 9.15. The Bertz CT molecular complexity index is 1490. The van der Waals surface area contributed by atoms with Crippen LogP contribution in [0.4, 0.5) is 0 Å². The van der Waals surface area contributed by atoms with E-state index in [1.54, 1.807) is 42.3 Å². The molecule has 0 bridgehead atoms. The number of nitrogens with zero attached hydrogens (tertiary/aromatic N) is 4. The number of hydrogen-bond acceptors (Lipinski definition) is 7. The summed E-state index contributed by atoms with van der Waals surface area (Å²) in [5.74, 6) is 0.103. The molecule has 3 aromatic rings. The fraction of sp³-hybridized carbons (Fsp3) is 0.433. The summed E-state index contributed by atoms with van der Waals surface area (Å²) < 4.78 is 32.7. The molecule has 2 amide bonds. The molecular weight excluding hydrogens is 542 g/mol. The fourth-order valence-electron chi connectivity index (χ4n) is 5.70. The first kappa shape index (κ1) is 29.0. The number of carbonyl (C=O) groups is 2. The number of piperazine rings is 1. The molecule has 5 rings (SSSR count). The maximum absolute atomic E-state index is 13.8. The minimum atomic E-state index is -4.17. The van der Waals surface area contributed by atoms with Crippen LogP contribution in [-0.4, -0.2) is 72.3 Å². The van der Waals surface area contributed by atoms with Crippen LogP contribution in [0.2, 0.25) is 0 Å². The van der Waals surface area contributed by atoms with Gasteiger partial charge in [0.15, 0.2) is 0 Å². The summed E-state index contributed by atoms with van der Waals surface area (Å²) in [6.45, 7) is 3.66. The number of hydrogen-bond donors (Lipinski definition) is 1. The quantitative estimate of drug-likeness (QED) is 0.385. The number of rotatable bonds is 9. The molecule has 0 unspecified atom stereocenters. The largest absolute Gasteiger partial charge is 0.366 e. The molecule has 0 atom stereocenters. The Hall–Kier alpha value is -3.54. The van der Waals surface area contributed by atoms with Crippen molar-refractivity contribution in [2.75, 3.05) is 32.7 Å². The molecule has 1 aliphatic carbocycles. The van der Waals surface area contributed by atoms with Crippen molar-refractivity contribution in [1.82, 2.24) is 19.4 Å². The fourth-order valence-corrected chi connectivity index (χ4v) is 6.60. The van der Waals surface area contributed by atoms with Gasteiger partial charge in [0.05, 0.1) is 12.2 Å². The van der Waals surface area contributed by atoms with Crippen molar-refractivity contribution in [2.45, 2.75) is 43.7 Å². The Morgan fingerprint density at radius 1 is 1.00 bits per heavy atom. The van der Waals surface area contributed by atoms with Crippen LogP contribution in [0.3, 0.4) is 0 Å². The summed E-state index contributed by atoms with van der Waals surface area (Å²) in [5.41, 5.74) is 7.12. The number of aromatic nitrogens is 2. The smallest absolute Gasteiger partial charge is 0.316 e. The molecule has 2 N–H and O–H groups in total. The van der Waals surface area contributed by atoms with Gasteiger partial charge in [-0.25, -0.2) is 4.98 Å². The maximum Gasteiger partial charge on any atom is 0.316 e. The van der Waals surface area contributed by atoms with E-state index in [1.807, 2.05) is 6.07 Å². The van der Waals surface area contributed by atoms with Crippen molar-refractivity contribution in [3.63, 3.8) is 0 Å². The molecule has 41 heavy (non-hydrogen) atoms. The van der Waals surface area contributed by atoms with Gasteiger partial charge in [-0.3, -0.25) is 18.7 Å². The van der Waals surface area contributed by atoms with Gasteiger partial charge in [-0.15, -0.1) is 0 Å². The number of nitrogens with two attached hydrogens (primary N) is 1. The van der Waals surface area contributed by atoms with Gasteiger partial charge in [0, 0.05) is 57.1 Å². The third-order valence-electron chi connectivity index (χ3n) is 8.01. The number of imidazole rings is 1. The van der Waals surface area contributed by atoms with E-state index in [2.05, 4.69) is 9.88 Å². The molecule has 2 aromatic carbocycles. The van der Waals surface area contributed by atoms with E-state index in [1.165, 1.54) is 55.0 Å². The molecule has 1 aromatic heterocycles. The summed E-state index contributed by atoms with van der Waals surface area (Å²) in [6, 6.07) is 13.6. The Labute approximate surface area is 241 Å². The highest BCUT2D eigenvalue weighted by Crippen LogP contribution is 2.28. The summed E-state index contributed by atoms with van der Waals surface area (Å²) >= 11 is 0. The molecule has 1 aliphatic heterocycles. The van der Waals surface area contributed by atoms with Gasteiger partial charge in [-0.05, 0) is 42.5 Å². The molecule has 11 heteroatoms. The van der Waals surface area contributed by atoms with Gasteiger partial charge in [0.2, 0.25) is 10.9 Å². The van der Waals surface area contributed by atoms with Crippen molar-refractivity contribution < 1.29 is 22.2 Å². The molecule has 2 heterocycles. The van der Waals surface area contributed by atoms with Gasteiger partial charge in [0.25, 0.3) is 5.91 Å². The number of amides is 2. The Morgan fingerprint density at radius 3 is 2.39 bits per heavy atom. The average molecular weight is 580 g/mol. The predicted molar refractivity (Wildman–Crippen MR) is 154 cm³/mol. The second-order valence-electron chi connectivity index (χ2n) is 10.9. The van der Waals surface area contributed by atoms with Gasteiger partial charge >= 0.3 is 10.1 Å². The first-order valence-corrected chi connectivity index (χ1v) is 15.5. The standard InChI is InChI=1S/C30H37N5O5S/c1-33-20-27(41(38,39)40-21-23-10-6-3-7-11-23)32-29(33)25-13-12-24(28(31)36)18-26(25)30(37)35-16-14-34(15-17-35)19-22-8-4-2-5-9-22/h3,6-7,10-13,18,20,22H,2,4-5,8-9,14-17,19,21H2,1H3,(H2,31,36). The highest BCUT2D eigenvalue weighted by molar-refractivity contribution is 7.86. The first-order valence-electron chi connectivity index (χ1n) is 14.1. The zero-order valence-electron chi connectivity index (χ0n) is 23.4. The van der Waals surface area contributed by atoms with Gasteiger partial charge in [-0.2, -0.15) is 8.42 Å². The lowest BCUT2D eigenvalue weighted by atomic mass is 9.89. The predicted octanol–water partition coefficient (Wildman–Crippen LogP) is 3.43. The van der Waals surface area contributed by atoms with Crippen LogP contribution in [0.5, 0.6) is 0 Å². The molecule has 0 radical (unpaired) electrons. The second kappa shape index (κ2) is 12.5. The van der Waals surface area contributed by atoms with Crippen molar-refractivity contribution in [2.24, 2.45) is 18.7 Å². The number of benzene rings is 2. The van der Waals surface area contributed by atoms with Crippen molar-refractivity contribution >= 4 is 21.9 Å². The van der Waals surface area contributed by atoms with Gasteiger partial charge in [0.1, 0.15) is 5.82 Å². The maximum atomic E-state index is 13.8. The summed E-state index contributed by atoms with van der Waals surface area (Å²) in [7, 11) is -2.52. The number of aryl methyl sites for hydroxylation is 1. The van der Waals surface area contributed by atoms with E-state index in [4.69, 9.17) is 9.92 Å². The van der Waals surface area contributed by atoms with Crippen LogP contribution in [-0.2, 0) is 28.0 Å². The number of primary amides is 1. The molecule has 218 valence electrons. The van der Waals surface area contributed by atoms with Crippen LogP contribution >= 0.6 is 0 Å². The minimum Gasteiger partial charge on any atom is -0.366 e. The highest BCUT2D eigenvalue weighted by Gasteiger charge is 2.29. The van der Waals surface area contributed by atoms with E-state index in [-0.39, 0.29) is 34.5 Å². The van der Waals surface area contributed by atoms with E-state index in [0.717, 1.165) is 25.6 Å². The average Bonchev–Trinajstić information content (AvgIpc) is 3.39. The third kappa shape index (κ3) is 6.86. The molecule has 2 fully saturated rings. The first-order chi connectivity index (χ1) is 19.7. The van der Waals surface area contributed by atoms with Crippen LogP contribution in [0, 0.1) is 5.92 Å². The Morgan fingerprint density at radius 2 is 1.71 bits per heavy atom. The Kier molecular flexibility index (Phi) is 8.86. The number of carbonyl (C=O) groups excluding carboxylic acids is 2.